The van der Waals surface area contributed by atoms with E-state index < -0.39 is 5.97 Å². The highest BCUT2D eigenvalue weighted by molar-refractivity contribution is 14.1. The first kappa shape index (κ1) is 12.6. The molecule has 1 atom stereocenters. The Morgan fingerprint density at radius 3 is 2.82 bits per heavy atom. The second-order valence-corrected chi connectivity index (χ2v) is 5.96. The zero-order chi connectivity index (χ0) is 12.6. The van der Waals surface area contributed by atoms with E-state index in [1.54, 1.807) is 18.3 Å². The largest absolute Gasteiger partial charge is 0.478 e. The highest BCUT2D eigenvalue weighted by atomic mass is 127. The predicted molar refractivity (Wildman–Crippen MR) is 76.1 cm³/mol. The molecule has 0 aliphatic carbocycles. The van der Waals surface area contributed by atoms with E-state index in [1.165, 1.54) is 0 Å². The van der Waals surface area contributed by atoms with E-state index in [2.05, 4.69) is 34.5 Å². The van der Waals surface area contributed by atoms with E-state index in [4.69, 9.17) is 16.7 Å². The summed E-state index contributed by atoms with van der Waals surface area (Å²) < 4.78 is 0.327. The Balaban J connectivity index is 2.75. The van der Waals surface area contributed by atoms with Gasteiger partial charge in [-0.1, -0.05) is 40.3 Å². The Morgan fingerprint density at radius 2 is 2.24 bits per heavy atom. The van der Waals surface area contributed by atoms with Crippen LogP contribution in [0.5, 0.6) is 0 Å². The molecule has 1 N–H and O–H groups in total. The Morgan fingerprint density at radius 1 is 1.53 bits per heavy atom. The second kappa shape index (κ2) is 4.78. The number of pyridine rings is 1. The molecule has 1 unspecified atom stereocenters. The molecule has 0 amide bonds. The van der Waals surface area contributed by atoms with E-state index in [0.717, 1.165) is 10.9 Å². The number of benzene rings is 1. The second-order valence-electron chi connectivity index (χ2n) is 3.68. The fourth-order valence-corrected chi connectivity index (χ4v) is 2.19. The molecule has 0 spiro atoms. The third-order valence-electron chi connectivity index (χ3n) is 2.50. The zero-order valence-corrected chi connectivity index (χ0v) is 11.9. The molecular formula is C12H9ClINO2. The van der Waals surface area contributed by atoms with E-state index in [0.29, 0.717) is 9.44 Å². The monoisotopic (exact) mass is 361 g/mol. The summed E-state index contributed by atoms with van der Waals surface area (Å²) in [7, 11) is 0. The Hall–Kier alpha value is -0.880. The van der Waals surface area contributed by atoms with Gasteiger partial charge in [-0.05, 0) is 24.6 Å². The SMILES string of the molecule is CC(I)c1cnc2c(C(=O)O)c(Cl)ccc2c1. The number of hydrogen-bond acceptors (Lipinski definition) is 2. The van der Waals surface area contributed by atoms with Gasteiger partial charge in [0, 0.05) is 15.5 Å². The van der Waals surface area contributed by atoms with Gasteiger partial charge in [0.05, 0.1) is 10.5 Å². The number of fused-ring (bicyclic) bond motifs is 1. The van der Waals surface area contributed by atoms with Crippen molar-refractivity contribution in [1.82, 2.24) is 4.98 Å². The van der Waals surface area contributed by atoms with Gasteiger partial charge in [0.15, 0.2) is 0 Å². The summed E-state index contributed by atoms with van der Waals surface area (Å²) in [4.78, 5) is 15.3. The van der Waals surface area contributed by atoms with E-state index >= 15 is 0 Å². The first-order valence-electron chi connectivity index (χ1n) is 4.96. The smallest absolute Gasteiger partial charge is 0.339 e. The van der Waals surface area contributed by atoms with Crippen molar-refractivity contribution in [1.29, 1.82) is 0 Å². The van der Waals surface area contributed by atoms with Crippen LogP contribution in [0.15, 0.2) is 24.4 Å². The molecule has 1 aromatic carbocycles. The quantitative estimate of drug-likeness (QED) is 0.648. The van der Waals surface area contributed by atoms with Crippen molar-refractivity contribution in [2.45, 2.75) is 10.8 Å². The maximum absolute atomic E-state index is 11.1. The van der Waals surface area contributed by atoms with Crippen molar-refractivity contribution < 1.29 is 9.90 Å². The van der Waals surface area contributed by atoms with Gasteiger partial charge in [-0.2, -0.15) is 0 Å². The number of carboxylic acid groups (broad SMARTS) is 1. The van der Waals surface area contributed by atoms with Crippen LogP contribution in [-0.4, -0.2) is 16.1 Å². The van der Waals surface area contributed by atoms with Crippen molar-refractivity contribution >= 4 is 51.1 Å². The summed E-state index contributed by atoms with van der Waals surface area (Å²) in [5, 5.41) is 10.1. The normalized spacial score (nSPS) is 12.6. The topological polar surface area (TPSA) is 50.2 Å². The summed E-state index contributed by atoms with van der Waals surface area (Å²) >= 11 is 8.17. The summed E-state index contributed by atoms with van der Waals surface area (Å²) in [6.45, 7) is 2.05. The van der Waals surface area contributed by atoms with Crippen LogP contribution in [0.3, 0.4) is 0 Å². The van der Waals surface area contributed by atoms with Crippen LogP contribution in [-0.2, 0) is 0 Å². The summed E-state index contributed by atoms with van der Waals surface area (Å²) in [5.74, 6) is -1.05. The van der Waals surface area contributed by atoms with Crippen molar-refractivity contribution in [3.8, 4) is 0 Å². The summed E-state index contributed by atoms with van der Waals surface area (Å²) in [5.41, 5.74) is 1.57. The van der Waals surface area contributed by atoms with Crippen LogP contribution >= 0.6 is 34.2 Å². The molecule has 0 bridgehead atoms. The van der Waals surface area contributed by atoms with Gasteiger partial charge in [-0.25, -0.2) is 4.79 Å². The van der Waals surface area contributed by atoms with Crippen LogP contribution in [0.1, 0.15) is 26.8 Å². The van der Waals surface area contributed by atoms with Crippen molar-refractivity contribution in [3.63, 3.8) is 0 Å². The first-order valence-corrected chi connectivity index (χ1v) is 6.58. The van der Waals surface area contributed by atoms with Gasteiger partial charge < -0.3 is 5.11 Å². The molecule has 17 heavy (non-hydrogen) atoms. The highest BCUT2D eigenvalue weighted by Crippen LogP contribution is 2.28. The van der Waals surface area contributed by atoms with E-state index in [9.17, 15) is 4.79 Å². The van der Waals surface area contributed by atoms with Gasteiger partial charge in [-0.15, -0.1) is 0 Å². The van der Waals surface area contributed by atoms with Crippen molar-refractivity contribution in [3.05, 3.63) is 40.5 Å². The molecule has 2 aromatic rings. The lowest BCUT2D eigenvalue weighted by atomic mass is 10.1. The number of nitrogens with zero attached hydrogens (tertiary/aromatic N) is 1. The Kier molecular flexibility index (Phi) is 3.53. The lowest BCUT2D eigenvalue weighted by Crippen LogP contribution is -2.01. The first-order chi connectivity index (χ1) is 8.00. The van der Waals surface area contributed by atoms with Crippen LogP contribution in [0.2, 0.25) is 5.02 Å². The lowest BCUT2D eigenvalue weighted by Gasteiger charge is -2.07. The number of halogens is 2. The van der Waals surface area contributed by atoms with Crippen LogP contribution < -0.4 is 0 Å². The number of aromatic carboxylic acids is 1. The van der Waals surface area contributed by atoms with E-state index in [-0.39, 0.29) is 10.6 Å². The maximum atomic E-state index is 11.1. The fraction of sp³-hybridized carbons (Fsp3) is 0.167. The minimum atomic E-state index is -1.05. The number of carbonyl (C=O) groups is 1. The predicted octanol–water partition coefficient (Wildman–Crippen LogP) is 4.08. The molecule has 0 saturated carbocycles. The number of alkyl halides is 1. The number of rotatable bonds is 2. The van der Waals surface area contributed by atoms with Crippen molar-refractivity contribution in [2.24, 2.45) is 0 Å². The molecule has 0 saturated heterocycles. The zero-order valence-electron chi connectivity index (χ0n) is 8.95. The standard InChI is InChI=1S/C12H9ClINO2/c1-6(14)8-4-7-2-3-9(13)10(12(16)17)11(7)15-5-8/h2-6H,1H3,(H,16,17). The molecular weight excluding hydrogens is 352 g/mol. The lowest BCUT2D eigenvalue weighted by molar-refractivity contribution is 0.0699. The minimum absolute atomic E-state index is 0.0665. The summed E-state index contributed by atoms with van der Waals surface area (Å²) in [6, 6.07) is 5.33. The molecule has 1 heterocycles. The van der Waals surface area contributed by atoms with Gasteiger partial charge in [0.2, 0.25) is 0 Å². The number of aromatic nitrogens is 1. The van der Waals surface area contributed by atoms with E-state index in [1.807, 2.05) is 6.07 Å². The molecule has 1 aromatic heterocycles. The number of hydrogen-bond donors (Lipinski definition) is 1. The number of carboxylic acids is 1. The Bertz CT molecular complexity index is 598. The molecule has 0 aliphatic rings. The fourth-order valence-electron chi connectivity index (χ4n) is 1.62. The third kappa shape index (κ3) is 2.37. The molecule has 0 fully saturated rings. The van der Waals surface area contributed by atoms with Crippen molar-refractivity contribution in [2.75, 3.05) is 0 Å². The van der Waals surface area contributed by atoms with Crippen LogP contribution in [0, 0.1) is 0 Å². The summed E-state index contributed by atoms with van der Waals surface area (Å²) in [6.07, 6.45) is 1.70. The van der Waals surface area contributed by atoms with Crippen LogP contribution in [0.25, 0.3) is 10.9 Å². The molecule has 2 rings (SSSR count). The average molecular weight is 362 g/mol. The van der Waals surface area contributed by atoms with Gasteiger partial charge >= 0.3 is 5.97 Å². The third-order valence-corrected chi connectivity index (χ3v) is 3.53. The van der Waals surface area contributed by atoms with Crippen LogP contribution in [0.4, 0.5) is 0 Å². The van der Waals surface area contributed by atoms with Gasteiger partial charge in [-0.3, -0.25) is 4.98 Å². The average Bonchev–Trinajstić information content (AvgIpc) is 2.27. The highest BCUT2D eigenvalue weighted by Gasteiger charge is 2.15. The molecule has 0 aliphatic heterocycles. The molecule has 5 heteroatoms. The molecule has 3 nitrogen and oxygen atoms in total. The minimum Gasteiger partial charge on any atom is -0.478 e. The van der Waals surface area contributed by atoms with Gasteiger partial charge in [0.1, 0.15) is 5.56 Å². The molecule has 0 radical (unpaired) electrons. The van der Waals surface area contributed by atoms with Gasteiger partial charge in [0.25, 0.3) is 0 Å². The maximum Gasteiger partial charge on any atom is 0.339 e. The molecule has 88 valence electrons. The Labute approximate surface area is 117 Å².